The van der Waals surface area contributed by atoms with E-state index in [-0.39, 0.29) is 24.2 Å². The minimum atomic E-state index is -0.381. The Balaban J connectivity index is 2.04. The zero-order valence-corrected chi connectivity index (χ0v) is 11.6. The van der Waals surface area contributed by atoms with E-state index in [0.29, 0.717) is 0 Å². The van der Waals surface area contributed by atoms with E-state index in [1.165, 1.54) is 6.07 Å². The molecule has 0 fully saturated rings. The van der Waals surface area contributed by atoms with Gasteiger partial charge in [-0.25, -0.2) is 4.39 Å². The molecule has 0 spiro atoms. The highest BCUT2D eigenvalue weighted by atomic mass is 19.1. The van der Waals surface area contributed by atoms with Crippen LogP contribution in [0, 0.1) is 12.7 Å². The summed E-state index contributed by atoms with van der Waals surface area (Å²) in [5, 5.41) is 0. The van der Waals surface area contributed by atoms with Crippen molar-refractivity contribution in [1.29, 1.82) is 0 Å². The maximum atomic E-state index is 13.6. The van der Waals surface area contributed by atoms with Crippen molar-refractivity contribution < 1.29 is 13.9 Å². The van der Waals surface area contributed by atoms with Crippen LogP contribution in [0.4, 0.5) is 4.39 Å². The first-order valence-electron chi connectivity index (χ1n) is 6.38. The molecule has 106 valence electrons. The van der Waals surface area contributed by atoms with Crippen molar-refractivity contribution in [2.75, 3.05) is 13.7 Å². The number of hydrogen-bond donors (Lipinski definition) is 1. The van der Waals surface area contributed by atoms with Gasteiger partial charge >= 0.3 is 0 Å². The number of halogens is 1. The number of ether oxygens (including phenoxy) is 2. The molecule has 1 unspecified atom stereocenters. The third-order valence-corrected chi connectivity index (χ3v) is 3.03. The lowest BCUT2D eigenvalue weighted by atomic mass is 10.1. The highest BCUT2D eigenvalue weighted by Gasteiger charge is 2.10. The fourth-order valence-corrected chi connectivity index (χ4v) is 1.87. The van der Waals surface area contributed by atoms with Gasteiger partial charge in [-0.1, -0.05) is 18.2 Å². The van der Waals surface area contributed by atoms with Crippen LogP contribution >= 0.6 is 0 Å². The molecule has 0 saturated heterocycles. The SMILES string of the molecule is COc1cccc(C(N)COc2cc(C)ccc2F)c1. The molecule has 2 aromatic carbocycles. The van der Waals surface area contributed by atoms with Crippen LogP contribution in [0.2, 0.25) is 0 Å². The normalized spacial score (nSPS) is 12.0. The Labute approximate surface area is 118 Å². The van der Waals surface area contributed by atoms with Crippen molar-refractivity contribution >= 4 is 0 Å². The largest absolute Gasteiger partial charge is 0.497 e. The van der Waals surface area contributed by atoms with E-state index in [1.807, 2.05) is 31.2 Å². The van der Waals surface area contributed by atoms with Crippen molar-refractivity contribution in [2.24, 2.45) is 5.73 Å². The molecule has 20 heavy (non-hydrogen) atoms. The average Bonchev–Trinajstić information content (AvgIpc) is 2.48. The molecule has 2 N–H and O–H groups in total. The lowest BCUT2D eigenvalue weighted by molar-refractivity contribution is 0.277. The smallest absolute Gasteiger partial charge is 0.165 e. The zero-order chi connectivity index (χ0) is 14.5. The highest BCUT2D eigenvalue weighted by molar-refractivity contribution is 5.32. The Bertz CT molecular complexity index is 586. The van der Waals surface area contributed by atoms with Gasteiger partial charge in [-0.05, 0) is 42.3 Å². The predicted octanol–water partition coefficient (Wildman–Crippen LogP) is 3.22. The Hall–Kier alpha value is -2.07. The summed E-state index contributed by atoms with van der Waals surface area (Å²) in [4.78, 5) is 0. The van der Waals surface area contributed by atoms with Crippen LogP contribution in [0.3, 0.4) is 0 Å². The molecular weight excluding hydrogens is 257 g/mol. The van der Waals surface area contributed by atoms with Crippen molar-refractivity contribution in [3.05, 3.63) is 59.4 Å². The van der Waals surface area contributed by atoms with E-state index < -0.39 is 0 Å². The van der Waals surface area contributed by atoms with E-state index in [2.05, 4.69) is 0 Å². The zero-order valence-electron chi connectivity index (χ0n) is 11.6. The number of aryl methyl sites for hydroxylation is 1. The summed E-state index contributed by atoms with van der Waals surface area (Å²) < 4.78 is 24.2. The molecule has 0 radical (unpaired) electrons. The van der Waals surface area contributed by atoms with Gasteiger partial charge in [0.1, 0.15) is 12.4 Å². The molecule has 2 rings (SSSR count). The van der Waals surface area contributed by atoms with Gasteiger partial charge in [-0.15, -0.1) is 0 Å². The summed E-state index contributed by atoms with van der Waals surface area (Å²) in [5.74, 6) is 0.580. The summed E-state index contributed by atoms with van der Waals surface area (Å²) in [6.07, 6.45) is 0. The third-order valence-electron chi connectivity index (χ3n) is 3.03. The van der Waals surface area contributed by atoms with Gasteiger partial charge in [0.15, 0.2) is 11.6 Å². The molecule has 0 aliphatic heterocycles. The number of benzene rings is 2. The second-order valence-electron chi connectivity index (χ2n) is 4.63. The van der Waals surface area contributed by atoms with Crippen molar-refractivity contribution in [3.63, 3.8) is 0 Å². The van der Waals surface area contributed by atoms with E-state index in [1.54, 1.807) is 19.2 Å². The van der Waals surface area contributed by atoms with Crippen LogP contribution < -0.4 is 15.2 Å². The van der Waals surface area contributed by atoms with E-state index in [0.717, 1.165) is 16.9 Å². The first-order chi connectivity index (χ1) is 9.60. The minimum Gasteiger partial charge on any atom is -0.497 e. The lowest BCUT2D eigenvalue weighted by Gasteiger charge is -2.15. The Morgan fingerprint density at radius 1 is 1.20 bits per heavy atom. The molecule has 0 aliphatic carbocycles. The molecule has 0 bridgehead atoms. The van der Waals surface area contributed by atoms with Gasteiger partial charge in [-0.2, -0.15) is 0 Å². The molecule has 3 nitrogen and oxygen atoms in total. The Morgan fingerprint density at radius 3 is 2.75 bits per heavy atom. The second-order valence-corrected chi connectivity index (χ2v) is 4.63. The summed E-state index contributed by atoms with van der Waals surface area (Å²) in [6.45, 7) is 2.09. The summed E-state index contributed by atoms with van der Waals surface area (Å²) in [6, 6.07) is 11.9. The molecule has 0 amide bonds. The summed E-state index contributed by atoms with van der Waals surface area (Å²) in [5.41, 5.74) is 7.88. The molecule has 2 aromatic rings. The molecule has 0 aromatic heterocycles. The van der Waals surface area contributed by atoms with Crippen LogP contribution in [-0.2, 0) is 0 Å². The lowest BCUT2D eigenvalue weighted by Crippen LogP contribution is -2.19. The molecule has 0 heterocycles. The molecule has 0 saturated carbocycles. The van der Waals surface area contributed by atoms with Gasteiger partial charge in [-0.3, -0.25) is 0 Å². The number of methoxy groups -OCH3 is 1. The van der Waals surface area contributed by atoms with Crippen molar-refractivity contribution in [1.82, 2.24) is 0 Å². The highest BCUT2D eigenvalue weighted by Crippen LogP contribution is 2.21. The monoisotopic (exact) mass is 275 g/mol. The van der Waals surface area contributed by atoms with Gasteiger partial charge in [0.05, 0.1) is 13.2 Å². The van der Waals surface area contributed by atoms with Crippen molar-refractivity contribution in [3.8, 4) is 11.5 Å². The van der Waals surface area contributed by atoms with Gasteiger partial charge in [0.25, 0.3) is 0 Å². The van der Waals surface area contributed by atoms with Crippen LogP contribution in [0.5, 0.6) is 11.5 Å². The number of rotatable bonds is 5. The molecule has 1 atom stereocenters. The Morgan fingerprint density at radius 2 is 2.00 bits per heavy atom. The maximum absolute atomic E-state index is 13.6. The first-order valence-corrected chi connectivity index (χ1v) is 6.38. The van der Waals surface area contributed by atoms with Gasteiger partial charge in [0, 0.05) is 0 Å². The van der Waals surface area contributed by atoms with Crippen LogP contribution in [-0.4, -0.2) is 13.7 Å². The standard InChI is InChI=1S/C16H18FNO2/c1-11-6-7-14(17)16(8-11)20-10-15(18)12-4-3-5-13(9-12)19-2/h3-9,15H,10,18H2,1-2H3. The average molecular weight is 275 g/mol. The van der Waals surface area contributed by atoms with Gasteiger partial charge < -0.3 is 15.2 Å². The maximum Gasteiger partial charge on any atom is 0.165 e. The van der Waals surface area contributed by atoms with Crippen molar-refractivity contribution in [2.45, 2.75) is 13.0 Å². The number of hydrogen-bond acceptors (Lipinski definition) is 3. The summed E-state index contributed by atoms with van der Waals surface area (Å²) >= 11 is 0. The van der Waals surface area contributed by atoms with Gasteiger partial charge in [0.2, 0.25) is 0 Å². The quantitative estimate of drug-likeness (QED) is 0.911. The third kappa shape index (κ3) is 3.48. The molecular formula is C16H18FNO2. The second kappa shape index (κ2) is 6.39. The topological polar surface area (TPSA) is 44.5 Å². The van der Waals surface area contributed by atoms with E-state index in [4.69, 9.17) is 15.2 Å². The van der Waals surface area contributed by atoms with Crippen LogP contribution in [0.25, 0.3) is 0 Å². The van der Waals surface area contributed by atoms with Crippen LogP contribution in [0.15, 0.2) is 42.5 Å². The summed E-state index contributed by atoms with van der Waals surface area (Å²) in [7, 11) is 1.60. The van der Waals surface area contributed by atoms with E-state index >= 15 is 0 Å². The molecule has 4 heteroatoms. The predicted molar refractivity (Wildman–Crippen MR) is 76.6 cm³/mol. The van der Waals surface area contributed by atoms with E-state index in [9.17, 15) is 4.39 Å². The number of nitrogens with two attached hydrogens (primary N) is 1. The first kappa shape index (κ1) is 14.3. The Kier molecular flexibility index (Phi) is 4.58. The molecule has 0 aliphatic rings. The fraction of sp³-hybridized carbons (Fsp3) is 0.250. The van der Waals surface area contributed by atoms with Crippen LogP contribution in [0.1, 0.15) is 17.2 Å². The minimum absolute atomic E-state index is 0.202. The fourth-order valence-electron chi connectivity index (χ4n) is 1.87.